The first-order valence-electron chi connectivity index (χ1n) is 7.74. The molecule has 144 valence electrons. The molecule has 0 aliphatic heterocycles. The van der Waals surface area contributed by atoms with Crippen LogP contribution in [0, 0.1) is 5.82 Å². The summed E-state index contributed by atoms with van der Waals surface area (Å²) in [6.07, 6.45) is 1.03. The first-order chi connectivity index (χ1) is 13.4. The van der Waals surface area contributed by atoms with Gasteiger partial charge in [-0.3, -0.25) is 9.59 Å². The Bertz CT molecular complexity index is 1080. The first-order valence-corrected chi connectivity index (χ1v) is 9.54. The lowest BCUT2D eigenvalue weighted by Crippen LogP contribution is -2.14. The van der Waals surface area contributed by atoms with Gasteiger partial charge in [-0.25, -0.2) is 9.18 Å². The Morgan fingerprint density at radius 3 is 2.86 bits per heavy atom. The third kappa shape index (κ3) is 5.24. The number of hydrogen-bond donors (Lipinski definition) is 1. The van der Waals surface area contributed by atoms with Gasteiger partial charge in [0.2, 0.25) is 22.2 Å². The van der Waals surface area contributed by atoms with Crippen LogP contribution < -0.4 is 15.5 Å². The number of aromatic nitrogens is 2. The lowest BCUT2D eigenvalue weighted by Gasteiger charge is -2.04. The fraction of sp³-hybridized carbons (Fsp3) is 0.118. The molecule has 0 atom stereocenters. The number of ether oxygens (including phenoxy) is 1. The number of anilines is 1. The van der Waals surface area contributed by atoms with E-state index >= 15 is 0 Å². The van der Waals surface area contributed by atoms with Gasteiger partial charge in [-0.2, -0.15) is 0 Å². The average Bonchev–Trinajstić information content (AvgIpc) is 3.08. The summed E-state index contributed by atoms with van der Waals surface area (Å²) in [5.74, 6) is -1.39. The van der Waals surface area contributed by atoms with Crippen molar-refractivity contribution in [2.75, 3.05) is 5.32 Å². The first kappa shape index (κ1) is 19.7. The van der Waals surface area contributed by atoms with E-state index in [0.29, 0.717) is 15.2 Å². The van der Waals surface area contributed by atoms with E-state index in [0.717, 1.165) is 12.3 Å². The number of amides is 1. The Kier molecular flexibility index (Phi) is 6.16. The summed E-state index contributed by atoms with van der Waals surface area (Å²) in [5, 5.41) is 10.6. The highest BCUT2D eigenvalue weighted by Gasteiger charge is 2.14. The van der Waals surface area contributed by atoms with Crippen molar-refractivity contribution >= 4 is 40.1 Å². The fourth-order valence-corrected chi connectivity index (χ4v) is 3.65. The Morgan fingerprint density at radius 1 is 1.32 bits per heavy atom. The SMILES string of the molecule is CC(=O)Nc1nnc(SCc2cc(=O)c(OC(=O)c3cccc(F)c3)co2)s1. The standard InChI is InChI=1S/C17H12FN3O5S2/c1-9(22)19-16-20-21-17(28-16)27-8-12-6-13(23)14(7-25-12)26-15(24)10-3-2-4-11(18)5-10/h2-7H,8H2,1H3,(H,19,20,22). The van der Waals surface area contributed by atoms with E-state index in [1.165, 1.54) is 54.3 Å². The highest BCUT2D eigenvalue weighted by atomic mass is 32.2. The summed E-state index contributed by atoms with van der Waals surface area (Å²) >= 11 is 2.44. The molecule has 2 aromatic heterocycles. The minimum absolute atomic E-state index is 0.0229. The lowest BCUT2D eigenvalue weighted by atomic mass is 10.2. The molecule has 0 bridgehead atoms. The quantitative estimate of drug-likeness (QED) is 0.367. The van der Waals surface area contributed by atoms with Gasteiger partial charge in [0.05, 0.1) is 11.3 Å². The third-order valence-electron chi connectivity index (χ3n) is 3.14. The number of benzene rings is 1. The number of thioether (sulfide) groups is 1. The number of nitrogens with zero attached hydrogens (tertiary/aromatic N) is 2. The van der Waals surface area contributed by atoms with Crippen molar-refractivity contribution in [3.05, 3.63) is 64.0 Å². The van der Waals surface area contributed by atoms with Crippen molar-refractivity contribution in [2.24, 2.45) is 0 Å². The van der Waals surface area contributed by atoms with Crippen LogP contribution in [0.1, 0.15) is 23.0 Å². The van der Waals surface area contributed by atoms with Crippen LogP contribution in [0.4, 0.5) is 9.52 Å². The van der Waals surface area contributed by atoms with Gasteiger partial charge in [-0.15, -0.1) is 10.2 Å². The molecule has 0 aliphatic rings. The van der Waals surface area contributed by atoms with Crippen LogP contribution in [0.3, 0.4) is 0 Å². The molecule has 2 heterocycles. The van der Waals surface area contributed by atoms with Crippen molar-refractivity contribution in [1.29, 1.82) is 0 Å². The molecule has 0 fully saturated rings. The summed E-state index contributed by atoms with van der Waals surface area (Å²) < 4.78 is 24.0. The fourth-order valence-electron chi connectivity index (χ4n) is 1.96. The van der Waals surface area contributed by atoms with Gasteiger partial charge < -0.3 is 14.5 Å². The Morgan fingerprint density at radius 2 is 2.14 bits per heavy atom. The van der Waals surface area contributed by atoms with Crippen molar-refractivity contribution in [3.63, 3.8) is 0 Å². The summed E-state index contributed by atoms with van der Waals surface area (Å²) in [4.78, 5) is 35.1. The average molecular weight is 421 g/mol. The largest absolute Gasteiger partial charge is 0.464 e. The summed E-state index contributed by atoms with van der Waals surface area (Å²) in [6, 6.07) is 6.12. The predicted octanol–water partition coefficient (Wildman–Crippen LogP) is 3.10. The second-order valence-electron chi connectivity index (χ2n) is 5.32. The molecule has 8 nitrogen and oxygen atoms in total. The molecule has 0 saturated carbocycles. The maximum absolute atomic E-state index is 13.2. The van der Waals surface area contributed by atoms with Gasteiger partial charge in [0.25, 0.3) is 0 Å². The molecule has 28 heavy (non-hydrogen) atoms. The topological polar surface area (TPSA) is 111 Å². The van der Waals surface area contributed by atoms with E-state index in [1.54, 1.807) is 0 Å². The Balaban J connectivity index is 1.62. The summed E-state index contributed by atoms with van der Waals surface area (Å²) in [6.45, 7) is 1.37. The van der Waals surface area contributed by atoms with E-state index in [1.807, 2.05) is 0 Å². The second kappa shape index (κ2) is 8.76. The molecule has 0 unspecified atom stereocenters. The zero-order valence-corrected chi connectivity index (χ0v) is 15.9. The highest BCUT2D eigenvalue weighted by Crippen LogP contribution is 2.28. The van der Waals surface area contributed by atoms with Crippen molar-refractivity contribution in [1.82, 2.24) is 10.2 Å². The van der Waals surface area contributed by atoms with Crippen LogP contribution in [0.15, 0.2) is 50.1 Å². The number of rotatable bonds is 6. The van der Waals surface area contributed by atoms with Gasteiger partial charge in [0, 0.05) is 13.0 Å². The monoisotopic (exact) mass is 421 g/mol. The van der Waals surface area contributed by atoms with Crippen LogP contribution in [0.2, 0.25) is 0 Å². The number of carbonyl (C=O) groups excluding carboxylic acids is 2. The van der Waals surface area contributed by atoms with E-state index in [-0.39, 0.29) is 23.0 Å². The number of nitrogens with one attached hydrogen (secondary N) is 1. The molecule has 11 heteroatoms. The van der Waals surface area contributed by atoms with Crippen LogP contribution >= 0.6 is 23.1 Å². The van der Waals surface area contributed by atoms with Gasteiger partial charge >= 0.3 is 5.97 Å². The zero-order chi connectivity index (χ0) is 20.1. The molecule has 3 rings (SSSR count). The van der Waals surface area contributed by atoms with Crippen LogP contribution in [-0.2, 0) is 10.5 Å². The van der Waals surface area contributed by atoms with Crippen LogP contribution in [-0.4, -0.2) is 22.1 Å². The number of esters is 1. The zero-order valence-electron chi connectivity index (χ0n) is 14.3. The molecule has 1 amide bonds. The molecule has 1 aromatic carbocycles. The van der Waals surface area contributed by atoms with Gasteiger partial charge in [0.15, 0.2) is 4.34 Å². The molecular formula is C17H12FN3O5S2. The van der Waals surface area contributed by atoms with Gasteiger partial charge in [-0.1, -0.05) is 29.2 Å². The molecule has 0 radical (unpaired) electrons. The van der Waals surface area contributed by atoms with Gasteiger partial charge in [0.1, 0.15) is 17.8 Å². The molecule has 0 aliphatic carbocycles. The molecular weight excluding hydrogens is 409 g/mol. The van der Waals surface area contributed by atoms with Gasteiger partial charge in [-0.05, 0) is 18.2 Å². The minimum Gasteiger partial charge on any atom is -0.464 e. The molecule has 0 saturated heterocycles. The maximum atomic E-state index is 13.2. The van der Waals surface area contributed by atoms with E-state index in [9.17, 15) is 18.8 Å². The Labute approximate surface area is 165 Å². The molecule has 1 N–H and O–H groups in total. The molecule has 3 aromatic rings. The lowest BCUT2D eigenvalue weighted by molar-refractivity contribution is -0.114. The highest BCUT2D eigenvalue weighted by molar-refractivity contribution is 8.00. The normalized spacial score (nSPS) is 10.5. The summed E-state index contributed by atoms with van der Waals surface area (Å²) in [7, 11) is 0. The van der Waals surface area contributed by atoms with Crippen molar-refractivity contribution < 1.29 is 23.1 Å². The maximum Gasteiger partial charge on any atom is 0.343 e. The van der Waals surface area contributed by atoms with Crippen molar-refractivity contribution in [3.8, 4) is 5.75 Å². The van der Waals surface area contributed by atoms with Crippen LogP contribution in [0.25, 0.3) is 0 Å². The van der Waals surface area contributed by atoms with Crippen LogP contribution in [0.5, 0.6) is 5.75 Å². The van der Waals surface area contributed by atoms with E-state index < -0.39 is 17.2 Å². The second-order valence-corrected chi connectivity index (χ2v) is 7.52. The predicted molar refractivity (Wildman–Crippen MR) is 100 cm³/mol. The molecule has 0 spiro atoms. The minimum atomic E-state index is -0.867. The summed E-state index contributed by atoms with van der Waals surface area (Å²) in [5.41, 5.74) is -0.576. The number of hydrogen-bond acceptors (Lipinski definition) is 9. The third-order valence-corrected chi connectivity index (χ3v) is 5.14. The smallest absolute Gasteiger partial charge is 0.343 e. The van der Waals surface area contributed by atoms with E-state index in [2.05, 4.69) is 15.5 Å². The number of halogens is 1. The van der Waals surface area contributed by atoms with E-state index in [4.69, 9.17) is 9.15 Å². The van der Waals surface area contributed by atoms with Crippen molar-refractivity contribution in [2.45, 2.75) is 17.0 Å². The Hall–Kier alpha value is -3.05. The number of carbonyl (C=O) groups is 2.